The maximum Gasteiger partial charge on any atom is 0.345 e. The van der Waals surface area contributed by atoms with Gasteiger partial charge in [0.2, 0.25) is 5.95 Å². The summed E-state index contributed by atoms with van der Waals surface area (Å²) in [4.78, 5) is 27.9. The quantitative estimate of drug-likeness (QED) is 0.458. The highest BCUT2D eigenvalue weighted by Crippen LogP contribution is 1.95. The molecule has 0 saturated heterocycles. The molecule has 0 unspecified atom stereocenters. The Morgan fingerprint density at radius 1 is 1.79 bits per heavy atom. The van der Waals surface area contributed by atoms with Crippen molar-refractivity contribution in [3.8, 4) is 0 Å². The number of anilines is 1. The molecule has 14 heavy (non-hydrogen) atoms. The third-order valence-corrected chi connectivity index (χ3v) is 1.40. The highest BCUT2D eigenvalue weighted by Gasteiger charge is 2.12. The molecule has 0 bridgehead atoms. The Bertz CT molecular complexity index is 387. The number of carbonyl (C=O) groups excluding carboxylic acids is 1. The SMILES string of the molecule is CCOC(=O)c1cnc(NO)[nH]c1=O. The van der Waals surface area contributed by atoms with E-state index in [0.717, 1.165) is 6.20 Å². The van der Waals surface area contributed by atoms with E-state index in [2.05, 4.69) is 14.7 Å². The maximum absolute atomic E-state index is 11.2. The molecule has 0 radical (unpaired) electrons. The van der Waals surface area contributed by atoms with E-state index in [-0.39, 0.29) is 18.1 Å². The Hall–Kier alpha value is -1.89. The van der Waals surface area contributed by atoms with E-state index in [1.807, 2.05) is 0 Å². The van der Waals surface area contributed by atoms with Gasteiger partial charge in [-0.15, -0.1) is 0 Å². The average Bonchev–Trinajstić information content (AvgIpc) is 2.17. The highest BCUT2D eigenvalue weighted by atomic mass is 16.5. The zero-order chi connectivity index (χ0) is 10.6. The number of hydrogen-bond acceptors (Lipinski definition) is 6. The average molecular weight is 199 g/mol. The number of H-pyrrole nitrogens is 1. The lowest BCUT2D eigenvalue weighted by atomic mass is 10.3. The highest BCUT2D eigenvalue weighted by molar-refractivity contribution is 5.88. The van der Waals surface area contributed by atoms with E-state index in [1.165, 1.54) is 0 Å². The van der Waals surface area contributed by atoms with Crippen LogP contribution in [-0.4, -0.2) is 27.8 Å². The van der Waals surface area contributed by atoms with E-state index in [1.54, 1.807) is 12.4 Å². The largest absolute Gasteiger partial charge is 0.462 e. The molecule has 0 amide bonds. The van der Waals surface area contributed by atoms with Crippen molar-refractivity contribution in [1.82, 2.24) is 9.97 Å². The molecule has 0 spiro atoms. The Kier molecular flexibility index (Phi) is 3.19. The zero-order valence-electron chi connectivity index (χ0n) is 7.40. The zero-order valence-corrected chi connectivity index (χ0v) is 7.40. The van der Waals surface area contributed by atoms with Gasteiger partial charge in [-0.2, -0.15) is 0 Å². The summed E-state index contributed by atoms with van der Waals surface area (Å²) in [7, 11) is 0. The monoisotopic (exact) mass is 199 g/mol. The van der Waals surface area contributed by atoms with Crippen molar-refractivity contribution in [2.75, 3.05) is 12.1 Å². The van der Waals surface area contributed by atoms with Crippen molar-refractivity contribution in [2.45, 2.75) is 6.92 Å². The Labute approximate surface area is 78.7 Å². The summed E-state index contributed by atoms with van der Waals surface area (Å²) in [6, 6.07) is 0. The van der Waals surface area contributed by atoms with Crippen LogP contribution in [0, 0.1) is 0 Å². The van der Waals surface area contributed by atoms with Gasteiger partial charge in [-0.3, -0.25) is 15.0 Å². The van der Waals surface area contributed by atoms with Crippen LogP contribution in [0.15, 0.2) is 11.0 Å². The molecule has 7 nitrogen and oxygen atoms in total. The minimum absolute atomic E-state index is 0.136. The summed E-state index contributed by atoms with van der Waals surface area (Å²) < 4.78 is 4.60. The first-order chi connectivity index (χ1) is 6.69. The number of aromatic nitrogens is 2. The Morgan fingerprint density at radius 3 is 3.00 bits per heavy atom. The summed E-state index contributed by atoms with van der Waals surface area (Å²) >= 11 is 0. The third kappa shape index (κ3) is 2.07. The van der Waals surface area contributed by atoms with Crippen LogP contribution >= 0.6 is 0 Å². The predicted molar refractivity (Wildman–Crippen MR) is 46.2 cm³/mol. The van der Waals surface area contributed by atoms with Crippen LogP contribution in [0.1, 0.15) is 17.3 Å². The van der Waals surface area contributed by atoms with Crippen LogP contribution in [0.2, 0.25) is 0 Å². The summed E-state index contributed by atoms with van der Waals surface area (Å²) in [5.74, 6) is -0.881. The summed E-state index contributed by atoms with van der Waals surface area (Å²) in [5, 5.41) is 8.40. The van der Waals surface area contributed by atoms with Gasteiger partial charge in [0.15, 0.2) is 0 Å². The molecule has 0 saturated carbocycles. The van der Waals surface area contributed by atoms with Crippen molar-refractivity contribution in [3.05, 3.63) is 22.1 Å². The second kappa shape index (κ2) is 4.38. The number of carbonyl (C=O) groups is 1. The number of aromatic amines is 1. The molecule has 0 aliphatic carbocycles. The van der Waals surface area contributed by atoms with Crippen molar-refractivity contribution in [1.29, 1.82) is 0 Å². The molecule has 7 heteroatoms. The van der Waals surface area contributed by atoms with Crippen LogP contribution in [0.25, 0.3) is 0 Å². The van der Waals surface area contributed by atoms with E-state index < -0.39 is 11.5 Å². The fraction of sp³-hybridized carbons (Fsp3) is 0.286. The van der Waals surface area contributed by atoms with Crippen LogP contribution in [-0.2, 0) is 4.74 Å². The summed E-state index contributed by atoms with van der Waals surface area (Å²) in [5.41, 5.74) is 0.773. The molecule has 3 N–H and O–H groups in total. The summed E-state index contributed by atoms with van der Waals surface area (Å²) in [6.07, 6.45) is 1.02. The molecule has 1 aromatic rings. The molecule has 1 heterocycles. The molecule has 0 fully saturated rings. The predicted octanol–water partition coefficient (Wildman–Crippen LogP) is -0.252. The van der Waals surface area contributed by atoms with Gasteiger partial charge in [-0.25, -0.2) is 15.3 Å². The lowest BCUT2D eigenvalue weighted by Gasteiger charge is -2.01. The van der Waals surface area contributed by atoms with Crippen LogP contribution < -0.4 is 11.0 Å². The Morgan fingerprint density at radius 2 is 2.50 bits per heavy atom. The second-order valence-corrected chi connectivity index (χ2v) is 2.31. The van der Waals surface area contributed by atoms with Crippen molar-refractivity contribution >= 4 is 11.9 Å². The van der Waals surface area contributed by atoms with Gasteiger partial charge in [-0.1, -0.05) is 0 Å². The van der Waals surface area contributed by atoms with E-state index in [0.29, 0.717) is 0 Å². The van der Waals surface area contributed by atoms with Gasteiger partial charge in [0, 0.05) is 0 Å². The molecule has 76 valence electrons. The lowest BCUT2D eigenvalue weighted by molar-refractivity contribution is 0.0523. The minimum atomic E-state index is -0.745. The number of nitrogens with one attached hydrogen (secondary N) is 2. The number of ether oxygens (including phenoxy) is 1. The molecule has 1 rings (SSSR count). The van der Waals surface area contributed by atoms with Gasteiger partial charge < -0.3 is 4.74 Å². The van der Waals surface area contributed by atoms with Gasteiger partial charge in [-0.05, 0) is 6.92 Å². The number of nitrogens with zero attached hydrogens (tertiary/aromatic N) is 1. The molecule has 0 aliphatic heterocycles. The standard InChI is InChI=1S/C7H9N3O4/c1-2-14-6(12)4-3-8-7(10-13)9-5(4)11/h3,13H,2H2,1H3,(H2,8,9,10,11). The molecule has 0 aromatic carbocycles. The molecular weight excluding hydrogens is 190 g/mol. The first-order valence-corrected chi connectivity index (χ1v) is 3.85. The number of rotatable bonds is 3. The normalized spacial score (nSPS) is 9.57. The third-order valence-electron chi connectivity index (χ3n) is 1.40. The molecular formula is C7H9N3O4. The smallest absolute Gasteiger partial charge is 0.345 e. The van der Waals surface area contributed by atoms with Crippen molar-refractivity contribution in [2.24, 2.45) is 0 Å². The molecule has 0 aliphatic rings. The fourth-order valence-corrected chi connectivity index (χ4v) is 0.806. The van der Waals surface area contributed by atoms with Crippen molar-refractivity contribution in [3.63, 3.8) is 0 Å². The van der Waals surface area contributed by atoms with Gasteiger partial charge in [0.25, 0.3) is 5.56 Å². The topological polar surface area (TPSA) is 104 Å². The maximum atomic E-state index is 11.2. The first kappa shape index (κ1) is 10.2. The Balaban J connectivity index is 3.00. The van der Waals surface area contributed by atoms with E-state index in [9.17, 15) is 9.59 Å². The minimum Gasteiger partial charge on any atom is -0.462 e. The first-order valence-electron chi connectivity index (χ1n) is 3.85. The van der Waals surface area contributed by atoms with Gasteiger partial charge >= 0.3 is 5.97 Å². The molecule has 1 aromatic heterocycles. The second-order valence-electron chi connectivity index (χ2n) is 2.31. The fourth-order valence-electron chi connectivity index (χ4n) is 0.806. The number of hydrogen-bond donors (Lipinski definition) is 3. The van der Waals surface area contributed by atoms with E-state index >= 15 is 0 Å². The summed E-state index contributed by atoms with van der Waals surface area (Å²) in [6.45, 7) is 1.81. The van der Waals surface area contributed by atoms with Crippen LogP contribution in [0.4, 0.5) is 5.95 Å². The van der Waals surface area contributed by atoms with Crippen LogP contribution in [0.3, 0.4) is 0 Å². The van der Waals surface area contributed by atoms with Gasteiger partial charge in [0.1, 0.15) is 5.56 Å². The lowest BCUT2D eigenvalue weighted by Crippen LogP contribution is -2.21. The van der Waals surface area contributed by atoms with Crippen LogP contribution in [0.5, 0.6) is 0 Å². The van der Waals surface area contributed by atoms with E-state index in [4.69, 9.17) is 5.21 Å². The molecule has 0 atom stereocenters. The number of esters is 1. The van der Waals surface area contributed by atoms with Crippen molar-refractivity contribution < 1.29 is 14.7 Å². The van der Waals surface area contributed by atoms with Gasteiger partial charge in [0.05, 0.1) is 12.8 Å².